The van der Waals surface area contributed by atoms with Crippen molar-refractivity contribution in [3.05, 3.63) is 39.9 Å². The maximum absolute atomic E-state index is 12.1. The van der Waals surface area contributed by atoms with Gasteiger partial charge in [0, 0.05) is 16.9 Å². The molecule has 0 unspecified atom stereocenters. The minimum Gasteiger partial charge on any atom is -0.495 e. The number of allylic oxidation sites excluding steroid dienone is 2. The first-order chi connectivity index (χ1) is 17.8. The minimum absolute atomic E-state index is 0.0448. The molecule has 4 aliphatic rings. The number of anilines is 2. The number of carbonyl (C=O) groups is 1. The molecular weight excluding hydrogens is 504 g/mol. The fourth-order valence-electron chi connectivity index (χ4n) is 8.21. The van der Waals surface area contributed by atoms with Crippen molar-refractivity contribution in [2.45, 2.75) is 78.2 Å². The predicted octanol–water partition coefficient (Wildman–Crippen LogP) is 8.05. The normalized spacial score (nSPS) is 33.9. The lowest BCUT2D eigenvalue weighted by Crippen LogP contribution is -2.50. The van der Waals surface area contributed by atoms with Gasteiger partial charge in [-0.15, -0.1) is 0 Å². The second-order valence-electron chi connectivity index (χ2n) is 11.9. The summed E-state index contributed by atoms with van der Waals surface area (Å²) < 4.78 is 11.5. The lowest BCUT2D eigenvalue weighted by atomic mass is 9.48. The van der Waals surface area contributed by atoms with Crippen molar-refractivity contribution in [1.82, 2.24) is 4.98 Å². The molecule has 1 N–H and O–H groups in total. The van der Waals surface area contributed by atoms with Crippen LogP contribution in [-0.2, 0) is 16.0 Å². The molecule has 2 fully saturated rings. The van der Waals surface area contributed by atoms with E-state index in [-0.39, 0.29) is 22.9 Å². The van der Waals surface area contributed by atoms with Crippen LogP contribution in [0.2, 0.25) is 5.02 Å². The van der Waals surface area contributed by atoms with Gasteiger partial charge in [0.25, 0.3) is 0 Å². The van der Waals surface area contributed by atoms with Gasteiger partial charge in [0.05, 0.1) is 23.4 Å². The largest absolute Gasteiger partial charge is 0.495 e. The molecule has 198 valence electrons. The molecule has 0 aliphatic heterocycles. The number of rotatable bonds is 5. The molecule has 0 radical (unpaired) electrons. The van der Waals surface area contributed by atoms with Crippen LogP contribution in [0.25, 0.3) is 5.57 Å². The zero-order valence-electron chi connectivity index (χ0n) is 22.2. The summed E-state index contributed by atoms with van der Waals surface area (Å²) in [4.78, 5) is 18.5. The molecule has 0 amide bonds. The van der Waals surface area contributed by atoms with E-state index in [1.165, 1.54) is 29.0 Å². The van der Waals surface area contributed by atoms with Crippen molar-refractivity contribution >= 4 is 45.3 Å². The van der Waals surface area contributed by atoms with E-state index < -0.39 is 0 Å². The molecule has 7 heteroatoms. The summed E-state index contributed by atoms with van der Waals surface area (Å²) in [6, 6.07) is 5.61. The first-order valence-corrected chi connectivity index (χ1v) is 15.0. The summed E-state index contributed by atoms with van der Waals surface area (Å²) >= 11 is 8.02. The van der Waals surface area contributed by atoms with Gasteiger partial charge >= 0.3 is 5.97 Å². The van der Waals surface area contributed by atoms with Gasteiger partial charge in [-0.25, -0.2) is 4.98 Å². The number of hydrogen-bond donors (Lipinski definition) is 1. The van der Waals surface area contributed by atoms with Gasteiger partial charge in [-0.1, -0.05) is 49.8 Å². The number of nitrogens with zero attached hydrogens (tertiary/aromatic N) is 1. The number of fused-ring (bicyclic) bond motifs is 7. The van der Waals surface area contributed by atoms with Crippen molar-refractivity contribution in [3.63, 3.8) is 0 Å². The smallest absolute Gasteiger partial charge is 0.305 e. The molecule has 1 aromatic heterocycles. The topological polar surface area (TPSA) is 60.5 Å². The molecule has 0 bridgehead atoms. The van der Waals surface area contributed by atoms with E-state index in [2.05, 4.69) is 25.2 Å². The standard InChI is InChI=1S/C30H37ClN2O3S/c1-5-26(34)36-25-11-9-19-18-7-8-21-27-22(13-15-29(21,2)20(18)12-14-30(19,25)3)32-28(37-27)33-23-16-17(31)6-10-24(23)35-4/h6,8,10,16,18-20,25H,5,7,9,11-15H2,1-4H3,(H,32,33)/t18-,19-,20-,25-,29+,30-/m0/s1. The van der Waals surface area contributed by atoms with Gasteiger partial charge in [0.2, 0.25) is 0 Å². The van der Waals surface area contributed by atoms with Crippen LogP contribution in [0.1, 0.15) is 76.3 Å². The Morgan fingerprint density at radius 1 is 1.22 bits per heavy atom. The monoisotopic (exact) mass is 540 g/mol. The molecule has 37 heavy (non-hydrogen) atoms. The number of hydrogen-bond acceptors (Lipinski definition) is 6. The summed E-state index contributed by atoms with van der Waals surface area (Å²) in [5, 5.41) is 5.04. The third-order valence-electron chi connectivity index (χ3n) is 10.2. The molecule has 1 heterocycles. The highest BCUT2D eigenvalue weighted by Gasteiger charge is 2.60. The molecule has 2 aromatic rings. The quantitative estimate of drug-likeness (QED) is 0.389. The van der Waals surface area contributed by atoms with Gasteiger partial charge in [-0.05, 0) is 91.9 Å². The van der Waals surface area contributed by atoms with Gasteiger partial charge in [-0.2, -0.15) is 0 Å². The van der Waals surface area contributed by atoms with Crippen LogP contribution in [-0.4, -0.2) is 24.2 Å². The fraction of sp³-hybridized carbons (Fsp3) is 0.600. The van der Waals surface area contributed by atoms with Crippen LogP contribution in [0.15, 0.2) is 24.3 Å². The first-order valence-electron chi connectivity index (χ1n) is 13.8. The summed E-state index contributed by atoms with van der Waals surface area (Å²) in [5.41, 5.74) is 3.85. The van der Waals surface area contributed by atoms with E-state index in [0.717, 1.165) is 48.7 Å². The second kappa shape index (κ2) is 9.30. The average Bonchev–Trinajstić information content (AvgIpc) is 3.44. The maximum atomic E-state index is 12.1. The molecule has 4 aliphatic carbocycles. The fourth-order valence-corrected chi connectivity index (χ4v) is 9.58. The molecular formula is C30H37ClN2O3S. The van der Waals surface area contributed by atoms with Crippen molar-refractivity contribution < 1.29 is 14.3 Å². The Morgan fingerprint density at radius 2 is 2.05 bits per heavy atom. The highest BCUT2D eigenvalue weighted by molar-refractivity contribution is 7.16. The molecule has 6 atom stereocenters. The van der Waals surface area contributed by atoms with E-state index in [1.54, 1.807) is 18.4 Å². The van der Waals surface area contributed by atoms with Gasteiger partial charge in [0.1, 0.15) is 11.9 Å². The lowest BCUT2D eigenvalue weighted by Gasteiger charge is -2.56. The van der Waals surface area contributed by atoms with Crippen LogP contribution in [0.5, 0.6) is 5.75 Å². The maximum Gasteiger partial charge on any atom is 0.305 e. The number of ether oxygens (including phenoxy) is 2. The zero-order valence-corrected chi connectivity index (χ0v) is 23.8. The molecule has 2 saturated carbocycles. The van der Waals surface area contributed by atoms with E-state index >= 15 is 0 Å². The van der Waals surface area contributed by atoms with E-state index in [0.29, 0.717) is 29.2 Å². The Labute approximate surface area is 229 Å². The van der Waals surface area contributed by atoms with E-state index in [4.69, 9.17) is 26.1 Å². The third-order valence-corrected chi connectivity index (χ3v) is 11.4. The Kier molecular flexibility index (Phi) is 6.35. The Hall–Kier alpha value is -2.05. The highest BCUT2D eigenvalue weighted by Crippen LogP contribution is 2.66. The Bertz CT molecular complexity index is 1260. The van der Waals surface area contributed by atoms with E-state index in [1.807, 2.05) is 25.1 Å². The summed E-state index contributed by atoms with van der Waals surface area (Å²) in [6.45, 7) is 6.81. The highest BCUT2D eigenvalue weighted by atomic mass is 35.5. The summed E-state index contributed by atoms with van der Waals surface area (Å²) in [7, 11) is 1.67. The van der Waals surface area contributed by atoms with Crippen molar-refractivity contribution in [2.24, 2.45) is 28.6 Å². The molecule has 0 spiro atoms. The van der Waals surface area contributed by atoms with Gasteiger partial charge in [0.15, 0.2) is 5.13 Å². The number of carbonyl (C=O) groups excluding carboxylic acids is 1. The SMILES string of the molecule is CCC(=O)O[C@H]1CC[C@H]2[C@@H]3CC=C4c5sc(Nc6cc(Cl)ccc6OC)nc5CC[C@]4(C)[C@H]3CC[C@]12C. The molecule has 5 nitrogen and oxygen atoms in total. The van der Waals surface area contributed by atoms with Crippen LogP contribution in [0.4, 0.5) is 10.8 Å². The number of halogens is 1. The van der Waals surface area contributed by atoms with Gasteiger partial charge in [-0.3, -0.25) is 4.79 Å². The minimum atomic E-state index is -0.0448. The third kappa shape index (κ3) is 4.01. The van der Waals surface area contributed by atoms with Crippen LogP contribution in [0, 0.1) is 28.6 Å². The molecule has 0 saturated heterocycles. The van der Waals surface area contributed by atoms with Crippen LogP contribution < -0.4 is 10.1 Å². The predicted molar refractivity (Wildman–Crippen MR) is 150 cm³/mol. The lowest BCUT2D eigenvalue weighted by molar-refractivity contribution is -0.158. The summed E-state index contributed by atoms with van der Waals surface area (Å²) in [5.74, 6) is 2.68. The number of aryl methyl sites for hydroxylation is 1. The number of methoxy groups -OCH3 is 1. The number of benzene rings is 1. The first kappa shape index (κ1) is 25.2. The average molecular weight is 541 g/mol. The van der Waals surface area contributed by atoms with Crippen molar-refractivity contribution in [3.8, 4) is 5.75 Å². The van der Waals surface area contributed by atoms with Crippen LogP contribution in [0.3, 0.4) is 0 Å². The summed E-state index contributed by atoms with van der Waals surface area (Å²) in [6.07, 6.45) is 10.9. The zero-order chi connectivity index (χ0) is 25.9. The van der Waals surface area contributed by atoms with E-state index in [9.17, 15) is 4.79 Å². The Balaban J connectivity index is 1.28. The van der Waals surface area contributed by atoms with Gasteiger partial charge < -0.3 is 14.8 Å². The number of esters is 1. The number of aromatic nitrogens is 1. The Morgan fingerprint density at radius 3 is 2.84 bits per heavy atom. The molecule has 1 aromatic carbocycles. The second-order valence-corrected chi connectivity index (χ2v) is 13.3. The van der Waals surface area contributed by atoms with Crippen molar-refractivity contribution in [2.75, 3.05) is 12.4 Å². The van der Waals surface area contributed by atoms with Crippen molar-refractivity contribution in [1.29, 1.82) is 0 Å². The number of thiazole rings is 1. The molecule has 6 rings (SSSR count). The van der Waals surface area contributed by atoms with Crippen LogP contribution >= 0.6 is 22.9 Å². The number of nitrogens with one attached hydrogen (secondary N) is 1.